The normalized spacial score (nSPS) is 11.6. The average Bonchev–Trinajstić information content (AvgIpc) is 2.54. The number of methoxy groups -OCH3 is 1. The molecule has 0 aliphatic heterocycles. The highest BCUT2D eigenvalue weighted by Gasteiger charge is 2.15. The molecule has 5 heteroatoms. The van der Waals surface area contributed by atoms with Crippen LogP contribution in [0.3, 0.4) is 0 Å². The molecule has 0 aliphatic rings. The Morgan fingerprint density at radius 1 is 1.23 bits per heavy atom. The smallest absolute Gasteiger partial charge is 0.261 e. The molecule has 2 rings (SSSR count). The summed E-state index contributed by atoms with van der Waals surface area (Å²) < 4.78 is 11.6. The Kier molecular flexibility index (Phi) is 5.83. The fraction of sp³-hybridized carbons (Fsp3) is 0.235. The van der Waals surface area contributed by atoms with E-state index in [-0.39, 0.29) is 5.91 Å². The standard InChI is InChI=1S/C17H18BrNO3/c1-12(22-16-9-4-3-8-15(16)18)17(20)19-11-13-6-5-7-14(10-13)21-2/h3-10,12H,11H2,1-2H3,(H,19,20). The van der Waals surface area contributed by atoms with E-state index >= 15 is 0 Å². The zero-order valence-electron chi connectivity index (χ0n) is 12.5. The Bertz CT molecular complexity index is 645. The van der Waals surface area contributed by atoms with Crippen molar-refractivity contribution in [1.82, 2.24) is 5.32 Å². The lowest BCUT2D eigenvalue weighted by Crippen LogP contribution is -2.35. The highest BCUT2D eigenvalue weighted by Crippen LogP contribution is 2.24. The molecule has 0 aromatic heterocycles. The number of ether oxygens (including phenoxy) is 2. The summed E-state index contributed by atoms with van der Waals surface area (Å²) in [5, 5.41) is 2.85. The van der Waals surface area contributed by atoms with Crippen LogP contribution in [0.15, 0.2) is 53.0 Å². The first-order chi connectivity index (χ1) is 10.6. The Morgan fingerprint density at radius 3 is 2.73 bits per heavy atom. The Morgan fingerprint density at radius 2 is 2.00 bits per heavy atom. The lowest BCUT2D eigenvalue weighted by molar-refractivity contribution is -0.127. The van der Waals surface area contributed by atoms with Gasteiger partial charge < -0.3 is 14.8 Å². The molecule has 1 amide bonds. The van der Waals surface area contributed by atoms with Crippen molar-refractivity contribution in [1.29, 1.82) is 0 Å². The van der Waals surface area contributed by atoms with Gasteiger partial charge in [0.05, 0.1) is 11.6 Å². The Hall–Kier alpha value is -2.01. The average molecular weight is 364 g/mol. The predicted octanol–water partition coefficient (Wildman–Crippen LogP) is 3.54. The van der Waals surface area contributed by atoms with Gasteiger partial charge in [-0.25, -0.2) is 0 Å². The Balaban J connectivity index is 1.90. The zero-order chi connectivity index (χ0) is 15.9. The largest absolute Gasteiger partial charge is 0.497 e. The first-order valence-corrected chi connectivity index (χ1v) is 7.71. The van der Waals surface area contributed by atoms with Crippen LogP contribution in [0.1, 0.15) is 12.5 Å². The lowest BCUT2D eigenvalue weighted by atomic mass is 10.2. The van der Waals surface area contributed by atoms with E-state index in [0.717, 1.165) is 15.8 Å². The summed E-state index contributed by atoms with van der Waals surface area (Å²) in [6, 6.07) is 15.0. The summed E-state index contributed by atoms with van der Waals surface area (Å²) in [7, 11) is 1.62. The van der Waals surface area contributed by atoms with E-state index in [0.29, 0.717) is 12.3 Å². The minimum absolute atomic E-state index is 0.168. The van der Waals surface area contributed by atoms with Crippen LogP contribution in [-0.4, -0.2) is 19.1 Å². The second kappa shape index (κ2) is 7.84. The first-order valence-electron chi connectivity index (χ1n) is 6.92. The summed E-state index contributed by atoms with van der Waals surface area (Å²) >= 11 is 3.39. The molecule has 0 fully saturated rings. The maximum Gasteiger partial charge on any atom is 0.261 e. The second-order valence-electron chi connectivity index (χ2n) is 4.76. The molecule has 1 unspecified atom stereocenters. The minimum atomic E-state index is -0.579. The second-order valence-corrected chi connectivity index (χ2v) is 5.61. The number of hydrogen-bond donors (Lipinski definition) is 1. The van der Waals surface area contributed by atoms with Crippen molar-refractivity contribution in [3.05, 3.63) is 58.6 Å². The van der Waals surface area contributed by atoms with Gasteiger partial charge in [0.2, 0.25) is 0 Å². The number of amides is 1. The number of para-hydroxylation sites is 1. The van der Waals surface area contributed by atoms with Gasteiger partial charge >= 0.3 is 0 Å². The van der Waals surface area contributed by atoms with Gasteiger partial charge in [0.15, 0.2) is 6.10 Å². The Labute approximate surface area is 138 Å². The molecule has 0 radical (unpaired) electrons. The van der Waals surface area contributed by atoms with Crippen LogP contribution in [0.25, 0.3) is 0 Å². The van der Waals surface area contributed by atoms with Gasteiger partial charge in [0, 0.05) is 6.54 Å². The molecule has 2 aromatic carbocycles. The van der Waals surface area contributed by atoms with Crippen LogP contribution in [-0.2, 0) is 11.3 Å². The summed E-state index contributed by atoms with van der Waals surface area (Å²) in [6.45, 7) is 2.15. The summed E-state index contributed by atoms with van der Waals surface area (Å²) in [5.41, 5.74) is 0.973. The summed E-state index contributed by atoms with van der Waals surface area (Å²) in [4.78, 5) is 12.1. The number of rotatable bonds is 6. The van der Waals surface area contributed by atoms with Gasteiger partial charge in [-0.3, -0.25) is 4.79 Å². The topological polar surface area (TPSA) is 47.6 Å². The third-order valence-electron chi connectivity index (χ3n) is 3.11. The molecule has 0 heterocycles. The highest BCUT2D eigenvalue weighted by atomic mass is 79.9. The van der Waals surface area contributed by atoms with Crippen LogP contribution in [0, 0.1) is 0 Å². The fourth-order valence-corrected chi connectivity index (χ4v) is 2.28. The van der Waals surface area contributed by atoms with Gasteiger partial charge in [-0.05, 0) is 52.7 Å². The van der Waals surface area contributed by atoms with Crippen LogP contribution < -0.4 is 14.8 Å². The molecule has 22 heavy (non-hydrogen) atoms. The fourth-order valence-electron chi connectivity index (χ4n) is 1.90. The number of halogens is 1. The molecule has 0 saturated heterocycles. The van der Waals surface area contributed by atoms with Gasteiger partial charge in [-0.2, -0.15) is 0 Å². The monoisotopic (exact) mass is 363 g/mol. The predicted molar refractivity (Wildman–Crippen MR) is 89.1 cm³/mol. The number of nitrogens with one attached hydrogen (secondary N) is 1. The van der Waals surface area contributed by atoms with Gasteiger partial charge in [0.25, 0.3) is 5.91 Å². The maximum absolute atomic E-state index is 12.1. The third kappa shape index (κ3) is 4.49. The van der Waals surface area contributed by atoms with Crippen molar-refractivity contribution < 1.29 is 14.3 Å². The molecule has 1 atom stereocenters. The van der Waals surface area contributed by atoms with Gasteiger partial charge in [-0.15, -0.1) is 0 Å². The van der Waals surface area contributed by atoms with E-state index in [1.165, 1.54) is 0 Å². The number of carbonyl (C=O) groups is 1. The molecule has 0 spiro atoms. The first kappa shape index (κ1) is 16.4. The highest BCUT2D eigenvalue weighted by molar-refractivity contribution is 9.10. The molecule has 0 aliphatic carbocycles. The van der Waals surface area contributed by atoms with Crippen molar-refractivity contribution in [3.8, 4) is 11.5 Å². The van der Waals surface area contributed by atoms with Crippen molar-refractivity contribution in [2.45, 2.75) is 19.6 Å². The number of hydrogen-bond acceptors (Lipinski definition) is 3. The molecule has 0 bridgehead atoms. The van der Waals surface area contributed by atoms with Crippen LogP contribution in [0.2, 0.25) is 0 Å². The molecule has 0 saturated carbocycles. The van der Waals surface area contributed by atoms with E-state index in [4.69, 9.17) is 9.47 Å². The summed E-state index contributed by atoms with van der Waals surface area (Å²) in [5.74, 6) is 1.24. The lowest BCUT2D eigenvalue weighted by Gasteiger charge is -2.15. The van der Waals surface area contributed by atoms with Gasteiger partial charge in [-0.1, -0.05) is 24.3 Å². The van der Waals surface area contributed by atoms with Crippen molar-refractivity contribution in [3.63, 3.8) is 0 Å². The van der Waals surface area contributed by atoms with E-state index in [1.807, 2.05) is 48.5 Å². The van der Waals surface area contributed by atoms with Crippen LogP contribution in [0.5, 0.6) is 11.5 Å². The zero-order valence-corrected chi connectivity index (χ0v) is 14.1. The molecule has 2 aromatic rings. The van der Waals surface area contributed by atoms with E-state index in [2.05, 4.69) is 21.2 Å². The van der Waals surface area contributed by atoms with Crippen LogP contribution >= 0.6 is 15.9 Å². The molecular weight excluding hydrogens is 346 g/mol. The molecule has 4 nitrogen and oxygen atoms in total. The van der Waals surface area contributed by atoms with Crippen LogP contribution in [0.4, 0.5) is 0 Å². The summed E-state index contributed by atoms with van der Waals surface area (Å²) in [6.07, 6.45) is -0.579. The van der Waals surface area contributed by atoms with Gasteiger partial charge in [0.1, 0.15) is 11.5 Å². The quantitative estimate of drug-likeness (QED) is 0.853. The van der Waals surface area contributed by atoms with E-state index in [1.54, 1.807) is 14.0 Å². The maximum atomic E-state index is 12.1. The molecule has 116 valence electrons. The molecule has 1 N–H and O–H groups in total. The van der Waals surface area contributed by atoms with Crippen molar-refractivity contribution in [2.24, 2.45) is 0 Å². The molecular formula is C17H18BrNO3. The van der Waals surface area contributed by atoms with E-state index in [9.17, 15) is 4.79 Å². The number of benzene rings is 2. The number of carbonyl (C=O) groups excluding carboxylic acids is 1. The van der Waals surface area contributed by atoms with Crippen molar-refractivity contribution in [2.75, 3.05) is 7.11 Å². The SMILES string of the molecule is COc1cccc(CNC(=O)C(C)Oc2ccccc2Br)c1. The third-order valence-corrected chi connectivity index (χ3v) is 3.77. The van der Waals surface area contributed by atoms with Crippen molar-refractivity contribution >= 4 is 21.8 Å². The minimum Gasteiger partial charge on any atom is -0.497 e. The van der Waals surface area contributed by atoms with E-state index < -0.39 is 6.10 Å².